The molecule has 0 aliphatic carbocycles. The predicted octanol–water partition coefficient (Wildman–Crippen LogP) is 3.08. The van der Waals surface area contributed by atoms with Crippen LogP contribution in [0.2, 0.25) is 0 Å². The molecule has 0 bridgehead atoms. The van der Waals surface area contributed by atoms with Gasteiger partial charge in [0.15, 0.2) is 0 Å². The Bertz CT molecular complexity index is 465. The van der Waals surface area contributed by atoms with E-state index in [0.717, 1.165) is 56.2 Å². The first-order chi connectivity index (χ1) is 9.61. The number of hydrogen-bond donors (Lipinski definition) is 1. The molecule has 4 nitrogen and oxygen atoms in total. The summed E-state index contributed by atoms with van der Waals surface area (Å²) in [5, 5.41) is 3.35. The molecule has 1 N–H and O–H groups in total. The lowest BCUT2D eigenvalue weighted by atomic mass is 9.98. The van der Waals surface area contributed by atoms with Crippen molar-refractivity contribution in [2.75, 3.05) is 25.0 Å². The first kappa shape index (κ1) is 14.8. The van der Waals surface area contributed by atoms with Gasteiger partial charge in [0.1, 0.15) is 0 Å². The number of nitrogens with one attached hydrogen (secondary N) is 1. The number of pyridine rings is 1. The number of nitrogens with zero attached hydrogens (tertiary/aromatic N) is 2. The van der Waals surface area contributed by atoms with E-state index in [-0.39, 0.29) is 5.91 Å². The highest BCUT2D eigenvalue weighted by molar-refractivity contribution is 5.99. The fraction of sp³-hybridized carbons (Fsp3) is 0.625. The first-order valence-corrected chi connectivity index (χ1v) is 7.61. The summed E-state index contributed by atoms with van der Waals surface area (Å²) in [6.45, 7) is 8.93. The van der Waals surface area contributed by atoms with Crippen molar-refractivity contribution < 1.29 is 4.79 Å². The average molecular weight is 275 g/mol. The zero-order valence-electron chi connectivity index (χ0n) is 12.8. The molecule has 0 spiro atoms. The molecule has 2 heterocycles. The Hall–Kier alpha value is -1.58. The van der Waals surface area contributed by atoms with E-state index >= 15 is 0 Å². The third kappa shape index (κ3) is 3.50. The summed E-state index contributed by atoms with van der Waals surface area (Å²) in [7, 11) is 0. The van der Waals surface area contributed by atoms with E-state index < -0.39 is 0 Å². The summed E-state index contributed by atoms with van der Waals surface area (Å²) in [5.41, 5.74) is 2.56. The zero-order valence-corrected chi connectivity index (χ0v) is 12.8. The van der Waals surface area contributed by atoms with E-state index in [2.05, 4.69) is 24.1 Å². The van der Waals surface area contributed by atoms with Crippen molar-refractivity contribution in [2.24, 2.45) is 5.92 Å². The Morgan fingerprint density at radius 1 is 1.45 bits per heavy atom. The lowest BCUT2D eigenvalue weighted by Gasteiger charge is -2.30. The minimum Gasteiger partial charge on any atom is -0.384 e. The molecule has 1 aromatic rings. The molecule has 20 heavy (non-hydrogen) atoms. The second kappa shape index (κ2) is 6.73. The molecule has 1 aliphatic rings. The van der Waals surface area contributed by atoms with Crippen LogP contribution in [0.15, 0.2) is 12.3 Å². The lowest BCUT2D eigenvalue weighted by Crippen LogP contribution is -2.38. The number of likely N-dealkylation sites (tertiary alicyclic amines) is 1. The van der Waals surface area contributed by atoms with Crippen LogP contribution in [-0.2, 0) is 0 Å². The smallest absolute Gasteiger partial charge is 0.257 e. The van der Waals surface area contributed by atoms with E-state index in [1.165, 1.54) is 0 Å². The summed E-state index contributed by atoms with van der Waals surface area (Å²) in [4.78, 5) is 18.9. The summed E-state index contributed by atoms with van der Waals surface area (Å²) in [6, 6.07) is 1.97. The number of rotatable bonds is 4. The molecule has 0 radical (unpaired) electrons. The van der Waals surface area contributed by atoms with Crippen LogP contribution >= 0.6 is 0 Å². The van der Waals surface area contributed by atoms with Gasteiger partial charge in [-0.05, 0) is 38.2 Å². The molecule has 1 aromatic heterocycles. The quantitative estimate of drug-likeness (QED) is 0.918. The van der Waals surface area contributed by atoms with Gasteiger partial charge >= 0.3 is 0 Å². The molecular formula is C16H25N3O. The third-order valence-corrected chi connectivity index (χ3v) is 3.91. The van der Waals surface area contributed by atoms with Crippen LogP contribution < -0.4 is 5.32 Å². The Morgan fingerprint density at radius 2 is 2.15 bits per heavy atom. The molecule has 1 amide bonds. The summed E-state index contributed by atoms with van der Waals surface area (Å²) >= 11 is 0. The summed E-state index contributed by atoms with van der Waals surface area (Å²) in [5.74, 6) is 0.843. The number of aromatic nitrogens is 1. The highest BCUT2D eigenvalue weighted by Gasteiger charge is 2.23. The SMILES string of the molecule is CCCNc1cc(C)ncc1C(=O)N1CCC(C)CC1. The van der Waals surface area contributed by atoms with Crippen LogP contribution in [0.25, 0.3) is 0 Å². The molecule has 4 heteroatoms. The molecule has 0 unspecified atom stereocenters. The van der Waals surface area contributed by atoms with E-state index in [0.29, 0.717) is 5.56 Å². The van der Waals surface area contributed by atoms with Crippen molar-refractivity contribution in [1.29, 1.82) is 0 Å². The van der Waals surface area contributed by atoms with Crippen LogP contribution in [0, 0.1) is 12.8 Å². The molecular weight excluding hydrogens is 250 g/mol. The second-order valence-corrected chi connectivity index (χ2v) is 5.77. The van der Waals surface area contributed by atoms with Gasteiger partial charge in [0.05, 0.1) is 11.3 Å². The first-order valence-electron chi connectivity index (χ1n) is 7.61. The number of carbonyl (C=O) groups excluding carboxylic acids is 1. The van der Waals surface area contributed by atoms with E-state index in [1.54, 1.807) is 6.20 Å². The highest BCUT2D eigenvalue weighted by atomic mass is 16.2. The van der Waals surface area contributed by atoms with E-state index in [4.69, 9.17) is 0 Å². The standard InChI is InChI=1S/C16H25N3O/c1-4-7-17-15-10-13(3)18-11-14(15)16(20)19-8-5-12(2)6-9-19/h10-12H,4-9H2,1-3H3,(H,17,18). The summed E-state index contributed by atoms with van der Waals surface area (Å²) in [6.07, 6.45) is 4.95. The minimum atomic E-state index is 0.114. The number of hydrogen-bond acceptors (Lipinski definition) is 3. The number of carbonyl (C=O) groups is 1. The number of amides is 1. The Balaban J connectivity index is 2.16. The molecule has 2 rings (SSSR count). The molecule has 110 valence electrons. The van der Waals surface area contributed by atoms with Crippen molar-refractivity contribution in [3.05, 3.63) is 23.5 Å². The van der Waals surface area contributed by atoms with Crippen LogP contribution in [0.3, 0.4) is 0 Å². The maximum Gasteiger partial charge on any atom is 0.257 e. The monoisotopic (exact) mass is 275 g/mol. The molecule has 1 aliphatic heterocycles. The van der Waals surface area contributed by atoms with Gasteiger partial charge in [0.2, 0.25) is 0 Å². The van der Waals surface area contributed by atoms with Crippen molar-refractivity contribution in [3.63, 3.8) is 0 Å². The van der Waals surface area contributed by atoms with Gasteiger partial charge in [0, 0.05) is 31.5 Å². The molecule has 0 atom stereocenters. The van der Waals surface area contributed by atoms with Crippen LogP contribution in [-0.4, -0.2) is 35.4 Å². The third-order valence-electron chi connectivity index (χ3n) is 3.91. The van der Waals surface area contributed by atoms with Crippen LogP contribution in [0.4, 0.5) is 5.69 Å². The van der Waals surface area contributed by atoms with Gasteiger partial charge in [-0.15, -0.1) is 0 Å². The van der Waals surface area contributed by atoms with E-state index in [1.807, 2.05) is 17.9 Å². The maximum absolute atomic E-state index is 12.6. The maximum atomic E-state index is 12.6. The van der Waals surface area contributed by atoms with Gasteiger partial charge in [0.25, 0.3) is 5.91 Å². The van der Waals surface area contributed by atoms with Crippen LogP contribution in [0.1, 0.15) is 49.2 Å². The van der Waals surface area contributed by atoms with Gasteiger partial charge < -0.3 is 10.2 Å². The van der Waals surface area contributed by atoms with Crippen LogP contribution in [0.5, 0.6) is 0 Å². The van der Waals surface area contributed by atoms with Crippen molar-refractivity contribution in [3.8, 4) is 0 Å². The largest absolute Gasteiger partial charge is 0.384 e. The van der Waals surface area contributed by atoms with Crippen molar-refractivity contribution in [1.82, 2.24) is 9.88 Å². The molecule has 1 saturated heterocycles. The number of anilines is 1. The topological polar surface area (TPSA) is 45.2 Å². The van der Waals surface area contributed by atoms with Gasteiger partial charge in [-0.1, -0.05) is 13.8 Å². The van der Waals surface area contributed by atoms with Crippen molar-refractivity contribution >= 4 is 11.6 Å². The fourth-order valence-electron chi connectivity index (χ4n) is 2.52. The highest BCUT2D eigenvalue weighted by Crippen LogP contribution is 2.22. The second-order valence-electron chi connectivity index (χ2n) is 5.77. The van der Waals surface area contributed by atoms with Crippen molar-refractivity contribution in [2.45, 2.75) is 40.0 Å². The lowest BCUT2D eigenvalue weighted by molar-refractivity contribution is 0.0698. The normalized spacial score (nSPS) is 16.2. The Labute approximate surface area is 121 Å². The Kier molecular flexibility index (Phi) is 4.99. The molecule has 0 saturated carbocycles. The average Bonchev–Trinajstić information content (AvgIpc) is 2.45. The van der Waals surface area contributed by atoms with Gasteiger partial charge in [-0.3, -0.25) is 9.78 Å². The molecule has 0 aromatic carbocycles. The van der Waals surface area contributed by atoms with E-state index in [9.17, 15) is 4.79 Å². The number of piperidine rings is 1. The Morgan fingerprint density at radius 3 is 2.80 bits per heavy atom. The van der Waals surface area contributed by atoms with Gasteiger partial charge in [-0.25, -0.2) is 0 Å². The predicted molar refractivity (Wildman–Crippen MR) is 82.1 cm³/mol. The minimum absolute atomic E-state index is 0.114. The zero-order chi connectivity index (χ0) is 14.5. The summed E-state index contributed by atoms with van der Waals surface area (Å²) < 4.78 is 0. The fourth-order valence-corrected chi connectivity index (χ4v) is 2.52. The number of aryl methyl sites for hydroxylation is 1. The van der Waals surface area contributed by atoms with Gasteiger partial charge in [-0.2, -0.15) is 0 Å². The molecule has 1 fully saturated rings.